The van der Waals surface area contributed by atoms with Crippen molar-refractivity contribution in [3.63, 3.8) is 0 Å². The van der Waals surface area contributed by atoms with Gasteiger partial charge in [0.25, 0.3) is 0 Å². The van der Waals surface area contributed by atoms with E-state index in [1.165, 1.54) is 0 Å². The molecule has 0 rings (SSSR count). The van der Waals surface area contributed by atoms with Gasteiger partial charge in [0.05, 0.1) is 6.04 Å². The van der Waals surface area contributed by atoms with Gasteiger partial charge in [-0.2, -0.15) is 4.91 Å². The first-order valence-corrected chi connectivity index (χ1v) is 4.43. The monoisotopic (exact) mass is 202 g/mol. The predicted octanol–water partition coefficient (Wildman–Crippen LogP) is 1.15. The smallest absolute Gasteiger partial charge is 0.405 e. The minimum absolute atomic E-state index is 0.414. The first-order chi connectivity index (χ1) is 6.61. The van der Waals surface area contributed by atoms with Crippen molar-refractivity contribution in [2.24, 2.45) is 5.18 Å². The average Bonchev–Trinajstić information content (AvgIpc) is 2.12. The van der Waals surface area contributed by atoms with E-state index in [-0.39, 0.29) is 0 Å². The number of nitrogens with one attached hydrogen (secondary N) is 1. The minimum atomic E-state index is -1.26. The highest BCUT2D eigenvalue weighted by atomic mass is 16.4. The van der Waals surface area contributed by atoms with Gasteiger partial charge in [-0.15, -0.1) is 0 Å². The highest BCUT2D eigenvalue weighted by molar-refractivity contribution is 5.88. The molecule has 0 spiro atoms. The molecule has 0 saturated heterocycles. The van der Waals surface area contributed by atoms with E-state index in [1.54, 1.807) is 0 Å². The van der Waals surface area contributed by atoms with Crippen LogP contribution in [0.15, 0.2) is 5.18 Å². The fraction of sp³-hybridized carbons (Fsp3) is 0.750. The summed E-state index contributed by atoms with van der Waals surface area (Å²) in [6, 6.07) is -0.801. The summed E-state index contributed by atoms with van der Waals surface area (Å²) < 4.78 is 0. The molecule has 0 saturated carbocycles. The predicted molar refractivity (Wildman–Crippen MR) is 50.1 cm³/mol. The second-order valence-corrected chi connectivity index (χ2v) is 2.90. The van der Waals surface area contributed by atoms with E-state index in [4.69, 9.17) is 5.11 Å². The van der Waals surface area contributed by atoms with Crippen LogP contribution in [-0.2, 0) is 4.79 Å². The quantitative estimate of drug-likeness (QED) is 0.605. The maximum absolute atomic E-state index is 11.2. The lowest BCUT2D eigenvalue weighted by Gasteiger charge is -2.13. The van der Waals surface area contributed by atoms with Crippen LogP contribution in [0.5, 0.6) is 0 Å². The Hall–Kier alpha value is -1.46. The van der Waals surface area contributed by atoms with E-state index in [1.807, 2.05) is 6.92 Å². The fourth-order valence-corrected chi connectivity index (χ4v) is 1.04. The first-order valence-electron chi connectivity index (χ1n) is 4.43. The lowest BCUT2D eigenvalue weighted by Crippen LogP contribution is -2.41. The molecule has 2 N–H and O–H groups in total. The minimum Gasteiger partial charge on any atom is -0.465 e. The van der Waals surface area contributed by atoms with Crippen LogP contribution in [0.4, 0.5) is 4.79 Å². The van der Waals surface area contributed by atoms with Crippen molar-refractivity contribution in [3.8, 4) is 0 Å². The molecule has 0 aromatic heterocycles. The molecule has 0 aliphatic heterocycles. The molecule has 1 atom stereocenters. The summed E-state index contributed by atoms with van der Waals surface area (Å²) in [5, 5.41) is 12.9. The van der Waals surface area contributed by atoms with Crippen molar-refractivity contribution < 1.29 is 14.7 Å². The van der Waals surface area contributed by atoms with Crippen molar-refractivity contribution >= 4 is 11.9 Å². The summed E-state index contributed by atoms with van der Waals surface area (Å²) in [5.41, 5.74) is 0. The molecule has 14 heavy (non-hydrogen) atoms. The third-order valence-electron chi connectivity index (χ3n) is 1.75. The van der Waals surface area contributed by atoms with Crippen LogP contribution in [-0.4, -0.2) is 29.6 Å². The highest BCUT2D eigenvalue weighted by Crippen LogP contribution is 2.02. The molecule has 0 heterocycles. The molecule has 80 valence electrons. The molecule has 0 aromatic rings. The molecule has 0 radical (unpaired) electrons. The number of hydrogen-bond acceptors (Lipinski definition) is 4. The van der Waals surface area contributed by atoms with Gasteiger partial charge in [0, 0.05) is 0 Å². The lowest BCUT2D eigenvalue weighted by atomic mass is 10.1. The Bertz CT molecular complexity index is 217. The zero-order valence-corrected chi connectivity index (χ0v) is 8.02. The molecule has 1 amide bonds. The Morgan fingerprint density at radius 3 is 2.57 bits per heavy atom. The third-order valence-corrected chi connectivity index (χ3v) is 1.75. The van der Waals surface area contributed by atoms with Gasteiger partial charge in [-0.1, -0.05) is 24.9 Å². The van der Waals surface area contributed by atoms with Gasteiger partial charge in [-0.05, 0) is 6.42 Å². The van der Waals surface area contributed by atoms with E-state index in [0.29, 0.717) is 6.42 Å². The van der Waals surface area contributed by atoms with Gasteiger partial charge in [0.1, 0.15) is 6.54 Å². The zero-order valence-electron chi connectivity index (χ0n) is 8.02. The largest absolute Gasteiger partial charge is 0.465 e. The van der Waals surface area contributed by atoms with E-state index in [9.17, 15) is 14.5 Å². The summed E-state index contributed by atoms with van der Waals surface area (Å²) >= 11 is 0. The van der Waals surface area contributed by atoms with Crippen LogP contribution >= 0.6 is 0 Å². The molecule has 6 nitrogen and oxygen atoms in total. The molecule has 0 aromatic carbocycles. The van der Waals surface area contributed by atoms with Crippen LogP contribution in [0.2, 0.25) is 0 Å². The molecule has 1 unspecified atom stereocenters. The number of carboxylic acid groups (broad SMARTS) is 1. The number of Topliss-reactive ketones (excluding diaryl/α,β-unsaturated/α-hetero) is 1. The second kappa shape index (κ2) is 6.99. The number of carbonyl (C=O) groups excluding carboxylic acids is 1. The maximum Gasteiger partial charge on any atom is 0.405 e. The van der Waals surface area contributed by atoms with Crippen molar-refractivity contribution in [3.05, 3.63) is 4.91 Å². The van der Waals surface area contributed by atoms with Crippen LogP contribution in [0.25, 0.3) is 0 Å². The lowest BCUT2D eigenvalue weighted by molar-refractivity contribution is -0.119. The van der Waals surface area contributed by atoms with Gasteiger partial charge >= 0.3 is 6.09 Å². The number of nitrogens with zero attached hydrogens (tertiary/aromatic N) is 1. The normalized spacial score (nSPS) is 11.8. The number of unbranched alkanes of at least 4 members (excludes halogenated alkanes) is 1. The van der Waals surface area contributed by atoms with E-state index < -0.39 is 24.5 Å². The molecule has 6 heteroatoms. The number of ketones is 1. The SMILES string of the molecule is CCCCC(NC(=O)O)C(=O)CN=O. The van der Waals surface area contributed by atoms with Gasteiger partial charge < -0.3 is 10.4 Å². The van der Waals surface area contributed by atoms with Crippen LogP contribution in [0.3, 0.4) is 0 Å². The molecule has 0 aliphatic carbocycles. The highest BCUT2D eigenvalue weighted by Gasteiger charge is 2.19. The Morgan fingerprint density at radius 1 is 1.50 bits per heavy atom. The van der Waals surface area contributed by atoms with E-state index in [2.05, 4.69) is 10.5 Å². The topological polar surface area (TPSA) is 95.8 Å². The molecular formula is C8H14N2O4. The number of amides is 1. The molecule has 0 aliphatic rings. The van der Waals surface area contributed by atoms with Crippen LogP contribution in [0, 0.1) is 4.91 Å². The van der Waals surface area contributed by atoms with Crippen LogP contribution < -0.4 is 5.32 Å². The van der Waals surface area contributed by atoms with Crippen molar-refractivity contribution in [1.82, 2.24) is 5.32 Å². The molecule has 0 bridgehead atoms. The van der Waals surface area contributed by atoms with Crippen molar-refractivity contribution in [2.75, 3.05) is 6.54 Å². The average molecular weight is 202 g/mol. The summed E-state index contributed by atoms with van der Waals surface area (Å²) in [5.74, 6) is -0.476. The molecule has 0 fully saturated rings. The van der Waals surface area contributed by atoms with E-state index in [0.717, 1.165) is 12.8 Å². The number of carbonyl (C=O) groups is 2. The standard InChI is InChI=1S/C8H14N2O4/c1-2-3-4-6(10-8(12)13)7(11)5-9-14/h6,10H,2-5H2,1H3,(H,12,13). The number of nitroso groups, excluding NO2 is 1. The van der Waals surface area contributed by atoms with Gasteiger partial charge in [-0.25, -0.2) is 4.79 Å². The Morgan fingerprint density at radius 2 is 2.14 bits per heavy atom. The Labute approximate surface area is 81.7 Å². The van der Waals surface area contributed by atoms with Crippen molar-refractivity contribution in [2.45, 2.75) is 32.2 Å². The molecular weight excluding hydrogens is 188 g/mol. The summed E-state index contributed by atoms with van der Waals surface area (Å²) in [4.78, 5) is 31.3. The van der Waals surface area contributed by atoms with E-state index >= 15 is 0 Å². The first kappa shape index (κ1) is 12.5. The maximum atomic E-state index is 11.2. The summed E-state index contributed by atoms with van der Waals surface area (Å²) in [6.07, 6.45) is 0.747. The summed E-state index contributed by atoms with van der Waals surface area (Å²) in [6.45, 7) is 1.45. The summed E-state index contributed by atoms with van der Waals surface area (Å²) in [7, 11) is 0. The fourth-order valence-electron chi connectivity index (χ4n) is 1.04. The van der Waals surface area contributed by atoms with Crippen LogP contribution in [0.1, 0.15) is 26.2 Å². The Balaban J connectivity index is 4.14. The number of hydrogen-bond donors (Lipinski definition) is 2. The van der Waals surface area contributed by atoms with Crippen molar-refractivity contribution in [1.29, 1.82) is 0 Å². The second-order valence-electron chi connectivity index (χ2n) is 2.90. The third kappa shape index (κ3) is 5.23. The van der Waals surface area contributed by atoms with Gasteiger partial charge in [-0.3, -0.25) is 4.79 Å². The Kier molecular flexibility index (Phi) is 6.26. The van der Waals surface area contributed by atoms with Gasteiger partial charge in [0.2, 0.25) is 0 Å². The number of rotatable bonds is 7. The van der Waals surface area contributed by atoms with Gasteiger partial charge in [0.15, 0.2) is 5.78 Å². The zero-order chi connectivity index (χ0) is 11.0.